The van der Waals surface area contributed by atoms with Crippen molar-refractivity contribution in [2.75, 3.05) is 20.1 Å². The third-order valence-electron chi connectivity index (χ3n) is 2.67. The highest BCUT2D eigenvalue weighted by Crippen LogP contribution is 2.16. The van der Waals surface area contributed by atoms with Gasteiger partial charge in [0, 0.05) is 18.9 Å². The highest BCUT2D eigenvalue weighted by molar-refractivity contribution is 5.47. The van der Waals surface area contributed by atoms with E-state index in [1.165, 1.54) is 25.1 Å². The second-order valence-corrected chi connectivity index (χ2v) is 3.96. The predicted molar refractivity (Wildman–Crippen MR) is 58.9 cm³/mol. The van der Waals surface area contributed by atoms with Gasteiger partial charge in [0.2, 0.25) is 0 Å². The van der Waals surface area contributed by atoms with Crippen molar-refractivity contribution >= 4 is 6.08 Å². The van der Waals surface area contributed by atoms with E-state index in [1.54, 1.807) is 6.20 Å². The van der Waals surface area contributed by atoms with E-state index in [0.29, 0.717) is 0 Å². The van der Waals surface area contributed by atoms with Gasteiger partial charge in [-0.3, -0.25) is 4.98 Å². The molecule has 1 unspecified atom stereocenters. The maximum atomic E-state index is 4.08. The zero-order valence-corrected chi connectivity index (χ0v) is 8.56. The average Bonchev–Trinajstić information content (AvgIpc) is 2.63. The lowest BCUT2D eigenvalue weighted by molar-refractivity contribution is 0.408. The van der Waals surface area contributed by atoms with Crippen molar-refractivity contribution in [2.24, 2.45) is 5.92 Å². The normalized spacial score (nSPS) is 23.4. The number of nitrogens with zero attached hydrogens (tertiary/aromatic N) is 2. The lowest BCUT2D eigenvalue weighted by Gasteiger charge is -2.05. The van der Waals surface area contributed by atoms with Crippen molar-refractivity contribution in [1.29, 1.82) is 0 Å². The maximum Gasteiger partial charge on any atom is 0.0340 e. The molecule has 2 rings (SSSR count). The van der Waals surface area contributed by atoms with Gasteiger partial charge in [-0.2, -0.15) is 0 Å². The molecule has 0 radical (unpaired) electrons. The SMILES string of the molecule is CN1CCC(C=Cc2cccnc2)C1. The summed E-state index contributed by atoms with van der Waals surface area (Å²) in [5.41, 5.74) is 1.20. The number of aromatic nitrogens is 1. The molecule has 1 aromatic rings. The molecular formula is C12H16N2. The smallest absolute Gasteiger partial charge is 0.0340 e. The van der Waals surface area contributed by atoms with Crippen molar-refractivity contribution in [1.82, 2.24) is 9.88 Å². The van der Waals surface area contributed by atoms with E-state index in [-0.39, 0.29) is 0 Å². The zero-order valence-electron chi connectivity index (χ0n) is 8.56. The summed E-state index contributed by atoms with van der Waals surface area (Å²) in [6.07, 6.45) is 9.47. The van der Waals surface area contributed by atoms with Crippen LogP contribution in [0.15, 0.2) is 30.6 Å². The van der Waals surface area contributed by atoms with Gasteiger partial charge in [-0.15, -0.1) is 0 Å². The molecule has 14 heavy (non-hydrogen) atoms. The van der Waals surface area contributed by atoms with E-state index in [4.69, 9.17) is 0 Å². The minimum Gasteiger partial charge on any atom is -0.306 e. The molecule has 0 amide bonds. The number of hydrogen-bond donors (Lipinski definition) is 0. The van der Waals surface area contributed by atoms with Gasteiger partial charge >= 0.3 is 0 Å². The molecule has 2 nitrogen and oxygen atoms in total. The summed E-state index contributed by atoms with van der Waals surface area (Å²) in [6, 6.07) is 4.06. The van der Waals surface area contributed by atoms with Crippen LogP contribution in [0.2, 0.25) is 0 Å². The predicted octanol–water partition coefficient (Wildman–Crippen LogP) is 2.05. The molecule has 0 bridgehead atoms. The molecule has 1 atom stereocenters. The topological polar surface area (TPSA) is 16.1 Å². The Bertz CT molecular complexity index is 305. The van der Waals surface area contributed by atoms with Crippen LogP contribution in [0.1, 0.15) is 12.0 Å². The molecule has 0 N–H and O–H groups in total. The number of pyridine rings is 1. The summed E-state index contributed by atoms with van der Waals surface area (Å²) in [5, 5.41) is 0. The molecule has 1 saturated heterocycles. The van der Waals surface area contributed by atoms with E-state index >= 15 is 0 Å². The highest BCUT2D eigenvalue weighted by atomic mass is 15.1. The van der Waals surface area contributed by atoms with Crippen LogP contribution in [0.25, 0.3) is 6.08 Å². The van der Waals surface area contributed by atoms with Crippen LogP contribution in [0.3, 0.4) is 0 Å². The van der Waals surface area contributed by atoms with Gasteiger partial charge in [-0.25, -0.2) is 0 Å². The van der Waals surface area contributed by atoms with Gasteiger partial charge in [0.25, 0.3) is 0 Å². The van der Waals surface area contributed by atoms with Crippen LogP contribution in [-0.2, 0) is 0 Å². The van der Waals surface area contributed by atoms with Crippen molar-refractivity contribution < 1.29 is 0 Å². The van der Waals surface area contributed by atoms with Crippen LogP contribution in [0.5, 0.6) is 0 Å². The first-order chi connectivity index (χ1) is 6.84. The Hall–Kier alpha value is -1.15. The minimum atomic E-state index is 0.722. The minimum absolute atomic E-state index is 0.722. The Balaban J connectivity index is 1.94. The first-order valence-electron chi connectivity index (χ1n) is 5.11. The van der Waals surface area contributed by atoms with Crippen molar-refractivity contribution in [3.05, 3.63) is 36.2 Å². The van der Waals surface area contributed by atoms with Gasteiger partial charge in [0.1, 0.15) is 0 Å². The molecule has 1 fully saturated rings. The molecule has 0 aliphatic carbocycles. The molecule has 1 aliphatic heterocycles. The summed E-state index contributed by atoms with van der Waals surface area (Å²) in [5.74, 6) is 0.722. The molecule has 74 valence electrons. The second-order valence-electron chi connectivity index (χ2n) is 3.96. The Morgan fingerprint density at radius 3 is 3.14 bits per heavy atom. The Kier molecular flexibility index (Phi) is 2.94. The van der Waals surface area contributed by atoms with Crippen LogP contribution in [0.4, 0.5) is 0 Å². The Morgan fingerprint density at radius 2 is 2.50 bits per heavy atom. The van der Waals surface area contributed by atoms with Crippen LogP contribution < -0.4 is 0 Å². The van der Waals surface area contributed by atoms with E-state index in [1.807, 2.05) is 12.3 Å². The third-order valence-corrected chi connectivity index (χ3v) is 2.67. The van der Waals surface area contributed by atoms with Gasteiger partial charge in [0.15, 0.2) is 0 Å². The summed E-state index contributed by atoms with van der Waals surface area (Å²) in [7, 11) is 2.18. The fraction of sp³-hybridized carbons (Fsp3) is 0.417. The van der Waals surface area contributed by atoms with E-state index in [0.717, 1.165) is 5.92 Å². The van der Waals surface area contributed by atoms with Crippen molar-refractivity contribution in [3.8, 4) is 0 Å². The van der Waals surface area contributed by atoms with Crippen LogP contribution in [0, 0.1) is 5.92 Å². The lowest BCUT2D eigenvalue weighted by Crippen LogP contribution is -2.13. The average molecular weight is 188 g/mol. The molecule has 2 heterocycles. The molecular weight excluding hydrogens is 172 g/mol. The van der Waals surface area contributed by atoms with Gasteiger partial charge in [-0.05, 0) is 37.6 Å². The van der Waals surface area contributed by atoms with Crippen LogP contribution >= 0.6 is 0 Å². The molecule has 2 heteroatoms. The lowest BCUT2D eigenvalue weighted by atomic mass is 10.1. The molecule has 1 aliphatic rings. The molecule has 0 saturated carbocycles. The van der Waals surface area contributed by atoms with Gasteiger partial charge in [0.05, 0.1) is 0 Å². The van der Waals surface area contributed by atoms with Crippen molar-refractivity contribution in [2.45, 2.75) is 6.42 Å². The van der Waals surface area contributed by atoms with Gasteiger partial charge in [-0.1, -0.05) is 18.2 Å². The Labute approximate surface area is 85.3 Å². The maximum absolute atomic E-state index is 4.08. The first kappa shape index (κ1) is 9.41. The summed E-state index contributed by atoms with van der Waals surface area (Å²) >= 11 is 0. The largest absolute Gasteiger partial charge is 0.306 e. The fourth-order valence-electron chi connectivity index (χ4n) is 1.85. The van der Waals surface area contributed by atoms with Crippen molar-refractivity contribution in [3.63, 3.8) is 0 Å². The fourth-order valence-corrected chi connectivity index (χ4v) is 1.85. The van der Waals surface area contributed by atoms with E-state index in [2.05, 4.69) is 35.1 Å². The monoisotopic (exact) mass is 188 g/mol. The third kappa shape index (κ3) is 2.42. The molecule has 1 aromatic heterocycles. The van der Waals surface area contributed by atoms with E-state index < -0.39 is 0 Å². The Morgan fingerprint density at radius 1 is 1.57 bits per heavy atom. The summed E-state index contributed by atoms with van der Waals surface area (Å²) in [4.78, 5) is 6.46. The number of hydrogen-bond acceptors (Lipinski definition) is 2. The number of likely N-dealkylation sites (tertiary alicyclic amines) is 1. The zero-order chi connectivity index (χ0) is 9.80. The summed E-state index contributed by atoms with van der Waals surface area (Å²) < 4.78 is 0. The molecule has 0 aromatic carbocycles. The van der Waals surface area contributed by atoms with Gasteiger partial charge < -0.3 is 4.90 Å². The highest BCUT2D eigenvalue weighted by Gasteiger charge is 2.15. The van der Waals surface area contributed by atoms with Crippen LogP contribution in [-0.4, -0.2) is 30.0 Å². The van der Waals surface area contributed by atoms with E-state index in [9.17, 15) is 0 Å². The summed E-state index contributed by atoms with van der Waals surface area (Å²) in [6.45, 7) is 2.42. The standard InChI is InChI=1S/C12H16N2/c1-14-8-6-12(10-14)5-4-11-3-2-7-13-9-11/h2-5,7,9,12H,6,8,10H2,1H3. The molecule has 0 spiro atoms. The second kappa shape index (κ2) is 4.38. The quantitative estimate of drug-likeness (QED) is 0.706. The number of rotatable bonds is 2. The first-order valence-corrected chi connectivity index (χ1v) is 5.11.